The Hall–Kier alpha value is -2.62. The van der Waals surface area contributed by atoms with Crippen LogP contribution in [-0.4, -0.2) is 19.0 Å². The molecule has 1 atom stereocenters. The summed E-state index contributed by atoms with van der Waals surface area (Å²) in [5.74, 6) is -0.152. The Morgan fingerprint density at radius 1 is 0.958 bits per heavy atom. The van der Waals surface area contributed by atoms with Crippen LogP contribution in [0.25, 0.3) is 0 Å². The largest absolute Gasteiger partial charge is 0.469 e. The van der Waals surface area contributed by atoms with E-state index in [-0.39, 0.29) is 18.3 Å². The van der Waals surface area contributed by atoms with Gasteiger partial charge in [-0.25, -0.2) is 0 Å². The Balaban J connectivity index is 2.16. The first-order chi connectivity index (χ1) is 11.5. The molecule has 0 fully saturated rings. The molecule has 0 bridgehead atoms. The normalized spacial score (nSPS) is 11.8. The van der Waals surface area contributed by atoms with Crippen LogP contribution in [0.3, 0.4) is 0 Å². The van der Waals surface area contributed by atoms with Gasteiger partial charge in [-0.15, -0.1) is 0 Å². The van der Waals surface area contributed by atoms with Gasteiger partial charge < -0.3 is 10.1 Å². The molecule has 24 heavy (non-hydrogen) atoms. The van der Waals surface area contributed by atoms with E-state index in [1.54, 1.807) is 0 Å². The quantitative estimate of drug-likeness (QED) is 0.821. The van der Waals surface area contributed by atoms with Crippen molar-refractivity contribution in [3.05, 3.63) is 71.3 Å². The minimum atomic E-state index is -0.420. The molecule has 1 amide bonds. The lowest BCUT2D eigenvalue weighted by Crippen LogP contribution is -2.30. The second-order valence-electron chi connectivity index (χ2n) is 5.99. The van der Waals surface area contributed by atoms with E-state index in [1.165, 1.54) is 12.7 Å². The van der Waals surface area contributed by atoms with E-state index in [4.69, 9.17) is 4.74 Å². The third kappa shape index (κ3) is 4.69. The van der Waals surface area contributed by atoms with Crippen molar-refractivity contribution in [1.29, 1.82) is 0 Å². The van der Waals surface area contributed by atoms with E-state index >= 15 is 0 Å². The van der Waals surface area contributed by atoms with Crippen LogP contribution in [-0.2, 0) is 9.53 Å². The number of nitrogens with one attached hydrogen (secondary N) is 1. The summed E-state index contributed by atoms with van der Waals surface area (Å²) in [6.07, 6.45) is 0.0936. The van der Waals surface area contributed by atoms with Crippen molar-refractivity contribution in [1.82, 2.24) is 5.32 Å². The molecule has 0 aliphatic carbocycles. The van der Waals surface area contributed by atoms with Gasteiger partial charge in [0.1, 0.15) is 0 Å². The monoisotopic (exact) mass is 325 g/mol. The zero-order valence-corrected chi connectivity index (χ0v) is 14.3. The van der Waals surface area contributed by atoms with Gasteiger partial charge in [0.05, 0.1) is 19.6 Å². The number of carbonyl (C=O) groups excluding carboxylic acids is 2. The van der Waals surface area contributed by atoms with E-state index in [1.807, 2.05) is 54.6 Å². The highest BCUT2D eigenvalue weighted by Gasteiger charge is 2.19. The summed E-state index contributed by atoms with van der Waals surface area (Å²) in [7, 11) is 1.34. The number of ether oxygens (including phenoxy) is 1. The molecule has 2 rings (SSSR count). The minimum Gasteiger partial charge on any atom is -0.469 e. The molecule has 0 aliphatic heterocycles. The second kappa shape index (κ2) is 8.29. The van der Waals surface area contributed by atoms with Crippen molar-refractivity contribution in [2.75, 3.05) is 7.11 Å². The Morgan fingerprint density at radius 3 is 2.12 bits per heavy atom. The molecule has 4 nitrogen and oxygen atoms in total. The summed E-state index contributed by atoms with van der Waals surface area (Å²) in [6, 6.07) is 16.5. The predicted molar refractivity (Wildman–Crippen MR) is 93.8 cm³/mol. The van der Waals surface area contributed by atoms with Gasteiger partial charge in [-0.3, -0.25) is 9.59 Å². The average Bonchev–Trinajstić information content (AvgIpc) is 2.61. The van der Waals surface area contributed by atoms with E-state index in [0.717, 1.165) is 5.56 Å². The number of hydrogen-bond acceptors (Lipinski definition) is 3. The van der Waals surface area contributed by atoms with Crippen molar-refractivity contribution >= 4 is 11.9 Å². The number of esters is 1. The van der Waals surface area contributed by atoms with E-state index in [0.29, 0.717) is 11.5 Å². The Kier molecular flexibility index (Phi) is 6.13. The van der Waals surface area contributed by atoms with Crippen molar-refractivity contribution in [2.24, 2.45) is 0 Å². The molecule has 0 saturated heterocycles. The summed E-state index contributed by atoms with van der Waals surface area (Å²) in [4.78, 5) is 24.2. The molecule has 0 aromatic heterocycles. The first kappa shape index (κ1) is 17.7. The molecule has 0 radical (unpaired) electrons. The fourth-order valence-corrected chi connectivity index (χ4v) is 2.45. The molecule has 2 aromatic carbocycles. The molecule has 0 aliphatic rings. The van der Waals surface area contributed by atoms with E-state index in [9.17, 15) is 9.59 Å². The maximum atomic E-state index is 12.5. The Morgan fingerprint density at radius 2 is 1.58 bits per heavy atom. The standard InChI is InChI=1S/C20H23NO3/c1-14(2)15-9-11-17(12-10-15)20(23)21-18(13-19(22)24-3)16-7-5-4-6-8-16/h4-12,14,18H,13H2,1-3H3,(H,21,23). The molecular formula is C20H23NO3. The summed E-state index contributed by atoms with van der Waals surface area (Å²) in [6.45, 7) is 4.22. The summed E-state index contributed by atoms with van der Waals surface area (Å²) in [5.41, 5.74) is 2.63. The first-order valence-corrected chi connectivity index (χ1v) is 8.04. The molecule has 1 N–H and O–H groups in total. The molecule has 2 aromatic rings. The summed E-state index contributed by atoms with van der Waals surface area (Å²) in [5, 5.41) is 2.92. The fraction of sp³-hybridized carbons (Fsp3) is 0.300. The van der Waals surface area contributed by atoms with Crippen LogP contribution in [0, 0.1) is 0 Å². The molecule has 1 unspecified atom stereocenters. The number of benzene rings is 2. The SMILES string of the molecule is COC(=O)CC(NC(=O)c1ccc(C(C)C)cc1)c1ccccc1. The van der Waals surface area contributed by atoms with Gasteiger partial charge in [0.15, 0.2) is 0 Å². The molecule has 0 saturated carbocycles. The number of methoxy groups -OCH3 is 1. The molecule has 0 heterocycles. The van der Waals surface area contributed by atoms with Gasteiger partial charge in [0.2, 0.25) is 0 Å². The van der Waals surface area contributed by atoms with Crippen LogP contribution >= 0.6 is 0 Å². The highest BCUT2D eigenvalue weighted by molar-refractivity contribution is 5.94. The average molecular weight is 325 g/mol. The number of amides is 1. The zero-order valence-electron chi connectivity index (χ0n) is 14.3. The van der Waals surface area contributed by atoms with Crippen LogP contribution < -0.4 is 5.32 Å². The first-order valence-electron chi connectivity index (χ1n) is 8.04. The summed E-state index contributed by atoms with van der Waals surface area (Å²) >= 11 is 0. The highest BCUT2D eigenvalue weighted by atomic mass is 16.5. The molecular weight excluding hydrogens is 302 g/mol. The van der Waals surface area contributed by atoms with Gasteiger partial charge in [0.25, 0.3) is 5.91 Å². The van der Waals surface area contributed by atoms with Gasteiger partial charge >= 0.3 is 5.97 Å². The van der Waals surface area contributed by atoms with Crippen molar-refractivity contribution < 1.29 is 14.3 Å². The van der Waals surface area contributed by atoms with Crippen molar-refractivity contribution in [2.45, 2.75) is 32.2 Å². The highest BCUT2D eigenvalue weighted by Crippen LogP contribution is 2.19. The molecule has 0 spiro atoms. The Labute approximate surface area is 142 Å². The lowest BCUT2D eigenvalue weighted by Gasteiger charge is -2.18. The number of carbonyl (C=O) groups is 2. The smallest absolute Gasteiger partial charge is 0.307 e. The minimum absolute atomic E-state index is 0.0936. The maximum Gasteiger partial charge on any atom is 0.307 e. The maximum absolute atomic E-state index is 12.5. The van der Waals surface area contributed by atoms with E-state index in [2.05, 4.69) is 19.2 Å². The van der Waals surface area contributed by atoms with Crippen LogP contribution in [0.4, 0.5) is 0 Å². The van der Waals surface area contributed by atoms with Crippen LogP contribution in [0.15, 0.2) is 54.6 Å². The van der Waals surface area contributed by atoms with Crippen LogP contribution in [0.2, 0.25) is 0 Å². The lowest BCUT2D eigenvalue weighted by molar-refractivity contribution is -0.141. The summed E-state index contributed by atoms with van der Waals surface area (Å²) < 4.78 is 4.74. The van der Waals surface area contributed by atoms with Crippen molar-refractivity contribution in [3.63, 3.8) is 0 Å². The van der Waals surface area contributed by atoms with Crippen LogP contribution in [0.5, 0.6) is 0 Å². The topological polar surface area (TPSA) is 55.4 Å². The predicted octanol–water partition coefficient (Wildman–Crippen LogP) is 3.84. The van der Waals surface area contributed by atoms with Gasteiger partial charge in [-0.2, -0.15) is 0 Å². The van der Waals surface area contributed by atoms with Crippen LogP contribution in [0.1, 0.15) is 53.7 Å². The molecule has 4 heteroatoms. The fourth-order valence-electron chi connectivity index (χ4n) is 2.45. The lowest BCUT2D eigenvalue weighted by atomic mass is 10.0. The van der Waals surface area contributed by atoms with Gasteiger partial charge in [0, 0.05) is 5.56 Å². The van der Waals surface area contributed by atoms with Gasteiger partial charge in [-0.05, 0) is 29.2 Å². The van der Waals surface area contributed by atoms with Crippen molar-refractivity contribution in [3.8, 4) is 0 Å². The number of rotatable bonds is 6. The third-order valence-electron chi connectivity index (χ3n) is 3.95. The third-order valence-corrected chi connectivity index (χ3v) is 3.95. The zero-order chi connectivity index (χ0) is 17.5. The second-order valence-corrected chi connectivity index (χ2v) is 5.99. The van der Waals surface area contributed by atoms with Gasteiger partial charge in [-0.1, -0.05) is 56.3 Å². The number of hydrogen-bond donors (Lipinski definition) is 1. The molecule has 126 valence electrons. The van der Waals surface area contributed by atoms with E-state index < -0.39 is 6.04 Å². The Bertz CT molecular complexity index is 678.